The van der Waals surface area contributed by atoms with Gasteiger partial charge in [-0.3, -0.25) is 33.6 Å². The van der Waals surface area contributed by atoms with E-state index in [1.807, 2.05) is 31.2 Å². The largest absolute Gasteiger partial charge is 0.494 e. The van der Waals surface area contributed by atoms with Gasteiger partial charge in [-0.25, -0.2) is 0 Å². The van der Waals surface area contributed by atoms with Gasteiger partial charge in [0.05, 0.1) is 25.6 Å². The molecular weight excluding hydrogens is 749 g/mol. The van der Waals surface area contributed by atoms with E-state index in [-0.39, 0.29) is 41.7 Å². The van der Waals surface area contributed by atoms with Gasteiger partial charge in [-0.05, 0) is 67.0 Å². The van der Waals surface area contributed by atoms with Gasteiger partial charge in [0.2, 0.25) is 35.3 Å². The zero-order valence-electron chi connectivity index (χ0n) is 33.1. The minimum absolute atomic E-state index is 0.0719. The molecular formula is C42H56N6O8S. The summed E-state index contributed by atoms with van der Waals surface area (Å²) in [7, 11) is 3.13. The van der Waals surface area contributed by atoms with E-state index in [9.17, 15) is 33.6 Å². The van der Waals surface area contributed by atoms with Crippen LogP contribution >= 0.6 is 11.8 Å². The lowest BCUT2D eigenvalue weighted by Gasteiger charge is -2.35. The molecule has 57 heavy (non-hydrogen) atoms. The minimum atomic E-state index is -1.20. The average molecular weight is 805 g/mol. The monoisotopic (exact) mass is 804 g/mol. The molecule has 0 aromatic heterocycles. The summed E-state index contributed by atoms with van der Waals surface area (Å²) in [5.41, 5.74) is 1.32. The molecule has 2 aromatic carbocycles. The Kier molecular flexibility index (Phi) is 15.9. The second kappa shape index (κ2) is 21.0. The number of nitrogens with zero attached hydrogens (tertiary/aromatic N) is 2. The fourth-order valence-corrected chi connectivity index (χ4v) is 8.93. The number of amides is 6. The number of ketones is 1. The van der Waals surface area contributed by atoms with Crippen molar-refractivity contribution in [3.63, 3.8) is 0 Å². The van der Waals surface area contributed by atoms with Crippen molar-refractivity contribution >= 4 is 53.0 Å². The Morgan fingerprint density at radius 3 is 2.44 bits per heavy atom. The second-order valence-corrected chi connectivity index (χ2v) is 16.7. The Labute approximate surface area is 339 Å². The van der Waals surface area contributed by atoms with Crippen LogP contribution < -0.4 is 26.0 Å². The van der Waals surface area contributed by atoms with E-state index < -0.39 is 54.2 Å². The molecule has 3 aliphatic rings. The first-order valence-electron chi connectivity index (χ1n) is 20.1. The highest BCUT2D eigenvalue weighted by Gasteiger charge is 2.45. The van der Waals surface area contributed by atoms with E-state index >= 15 is 0 Å². The van der Waals surface area contributed by atoms with E-state index in [2.05, 4.69) is 21.3 Å². The van der Waals surface area contributed by atoms with Crippen molar-refractivity contribution in [2.75, 3.05) is 39.5 Å². The molecule has 1 aliphatic carbocycles. The third-order valence-electron chi connectivity index (χ3n) is 10.7. The van der Waals surface area contributed by atoms with Crippen LogP contribution in [0.2, 0.25) is 0 Å². The number of fused-ring (bicyclic) bond motifs is 4. The van der Waals surface area contributed by atoms with Crippen LogP contribution in [-0.2, 0) is 40.0 Å². The zero-order chi connectivity index (χ0) is 40.9. The van der Waals surface area contributed by atoms with Crippen LogP contribution in [0, 0.1) is 5.92 Å². The summed E-state index contributed by atoms with van der Waals surface area (Å²) in [6.07, 6.45) is 6.26. The van der Waals surface area contributed by atoms with Crippen molar-refractivity contribution in [2.24, 2.45) is 5.92 Å². The molecule has 2 fully saturated rings. The van der Waals surface area contributed by atoms with E-state index in [4.69, 9.17) is 4.74 Å². The second-order valence-electron chi connectivity index (χ2n) is 15.2. The quantitative estimate of drug-likeness (QED) is 0.235. The highest BCUT2D eigenvalue weighted by molar-refractivity contribution is 7.99. The molecule has 0 unspecified atom stereocenters. The molecule has 6 amide bonds. The third-order valence-corrected chi connectivity index (χ3v) is 12.0. The maximum Gasteiger partial charge on any atom is 0.290 e. The number of hydrogen-bond donors (Lipinski definition) is 4. The number of rotatable bonds is 12. The van der Waals surface area contributed by atoms with Gasteiger partial charge in [0, 0.05) is 25.9 Å². The van der Waals surface area contributed by atoms with E-state index in [0.717, 1.165) is 49.8 Å². The van der Waals surface area contributed by atoms with Crippen molar-refractivity contribution in [2.45, 2.75) is 101 Å². The number of ether oxygens (including phenoxy) is 1. The molecule has 1 saturated carbocycles. The van der Waals surface area contributed by atoms with Crippen molar-refractivity contribution < 1.29 is 38.3 Å². The Hall–Kier alpha value is -4.92. The van der Waals surface area contributed by atoms with Crippen LogP contribution in [0.15, 0.2) is 54.6 Å². The van der Waals surface area contributed by atoms with E-state index in [1.165, 1.54) is 4.90 Å². The summed E-state index contributed by atoms with van der Waals surface area (Å²) in [6.45, 7) is 2.01. The molecule has 5 atom stereocenters. The van der Waals surface area contributed by atoms with Gasteiger partial charge in [0.1, 0.15) is 23.9 Å². The number of hydrogen-bond acceptors (Lipinski definition) is 9. The number of thioether (sulfide) groups is 1. The predicted molar refractivity (Wildman–Crippen MR) is 216 cm³/mol. The fraction of sp³-hybridized carbons (Fsp3) is 0.548. The highest BCUT2D eigenvalue weighted by Crippen LogP contribution is 2.33. The lowest BCUT2D eigenvalue weighted by Crippen LogP contribution is -2.58. The highest BCUT2D eigenvalue weighted by atomic mass is 32.2. The molecule has 2 heterocycles. The minimum Gasteiger partial charge on any atom is -0.494 e. The van der Waals surface area contributed by atoms with Crippen molar-refractivity contribution in [1.82, 2.24) is 31.1 Å². The van der Waals surface area contributed by atoms with Crippen LogP contribution in [0.3, 0.4) is 0 Å². The summed E-state index contributed by atoms with van der Waals surface area (Å²) in [4.78, 5) is 97.7. The molecule has 5 rings (SSSR count). The molecule has 15 heteroatoms. The molecule has 0 spiro atoms. The van der Waals surface area contributed by atoms with Crippen LogP contribution in [0.25, 0.3) is 0 Å². The number of nitrogens with one attached hydrogen (secondary N) is 4. The van der Waals surface area contributed by atoms with Crippen LogP contribution in [0.5, 0.6) is 5.75 Å². The lowest BCUT2D eigenvalue weighted by atomic mass is 9.83. The first kappa shape index (κ1) is 43.2. The summed E-state index contributed by atoms with van der Waals surface area (Å²) < 4.78 is 5.97. The normalized spacial score (nSPS) is 21.6. The smallest absolute Gasteiger partial charge is 0.290 e. The van der Waals surface area contributed by atoms with Crippen molar-refractivity contribution in [1.29, 1.82) is 0 Å². The standard InChI is InChI=1S/C42H56N6O8S/c1-4-13-32(38(51)40(53)43-25-35(50)46-36(41(54)47(2)3)28-15-7-5-8-16-28)44-39(52)33-24-31-26-48(33)42(55)37(29-17-9-6-10-18-29)45-34(49)23-27-14-11-19-30(22-27)56-20-12-21-57-31/h5,7-8,11,14-16,19,22,29,31-33,36-37H,4,6,9-10,12-13,17-18,20-21,23-26H2,1-3H3,(H,43,53)(H,44,52)(H,45,49)(H,46,50)/t31-,32-,33+,36+,37+/m1/s1. The fourth-order valence-electron chi connectivity index (χ4n) is 7.73. The van der Waals surface area contributed by atoms with E-state index in [1.54, 1.807) is 61.1 Å². The maximum absolute atomic E-state index is 14.6. The summed E-state index contributed by atoms with van der Waals surface area (Å²) in [5, 5.41) is 10.7. The van der Waals surface area contributed by atoms with Gasteiger partial charge < -0.3 is 35.8 Å². The molecule has 0 radical (unpaired) electrons. The molecule has 14 nitrogen and oxygen atoms in total. The number of benzene rings is 2. The Balaban J connectivity index is 1.28. The van der Waals surface area contributed by atoms with Gasteiger partial charge in [-0.15, -0.1) is 0 Å². The van der Waals surface area contributed by atoms with Gasteiger partial charge in [-0.2, -0.15) is 11.8 Å². The van der Waals surface area contributed by atoms with Crippen LogP contribution in [-0.4, -0.2) is 114 Å². The third kappa shape index (κ3) is 12.0. The maximum atomic E-state index is 14.6. The number of likely N-dealkylation sites (N-methyl/N-ethyl adjacent to an activating group) is 1. The first-order valence-corrected chi connectivity index (χ1v) is 21.1. The predicted octanol–water partition coefficient (Wildman–Crippen LogP) is 2.70. The summed E-state index contributed by atoms with van der Waals surface area (Å²) in [6, 6.07) is 12.1. The number of carbonyl (C=O) groups excluding carboxylic acids is 7. The lowest BCUT2D eigenvalue weighted by molar-refractivity contribution is -0.144. The first-order chi connectivity index (χ1) is 27.4. The van der Waals surface area contributed by atoms with Crippen molar-refractivity contribution in [3.05, 3.63) is 65.7 Å². The van der Waals surface area contributed by atoms with Crippen LogP contribution in [0.4, 0.5) is 0 Å². The Morgan fingerprint density at radius 1 is 0.965 bits per heavy atom. The van der Waals surface area contributed by atoms with Gasteiger partial charge in [0.15, 0.2) is 0 Å². The summed E-state index contributed by atoms with van der Waals surface area (Å²) >= 11 is 1.66. The Bertz CT molecular complexity index is 1750. The van der Waals surface area contributed by atoms with Gasteiger partial charge in [-0.1, -0.05) is 75.1 Å². The Morgan fingerprint density at radius 2 is 1.72 bits per heavy atom. The number of Topliss-reactive ketones (excluding diaryl/α,β-unsaturated/α-hetero) is 1. The number of carbonyl (C=O) groups is 7. The van der Waals surface area contributed by atoms with Gasteiger partial charge >= 0.3 is 0 Å². The van der Waals surface area contributed by atoms with Crippen molar-refractivity contribution in [3.8, 4) is 5.75 Å². The molecule has 4 bridgehead atoms. The van der Waals surface area contributed by atoms with E-state index in [0.29, 0.717) is 37.3 Å². The zero-order valence-corrected chi connectivity index (χ0v) is 33.9. The molecule has 2 aliphatic heterocycles. The van der Waals surface area contributed by atoms with Crippen LogP contribution in [0.1, 0.15) is 81.9 Å². The SMILES string of the molecule is CCC[C@@H](NC(=O)[C@@H]1C[C@@H]2CN1C(=O)[C@H](C1CCCCC1)NC(=O)Cc1cccc(c1)OCCCS2)C(=O)C(=O)NCC(=O)N[C@H](C(=O)N(C)C)c1ccccc1. The summed E-state index contributed by atoms with van der Waals surface area (Å²) in [5.74, 6) is -2.85. The van der Waals surface area contributed by atoms with Gasteiger partial charge in [0.25, 0.3) is 5.91 Å². The molecule has 1 saturated heterocycles. The molecule has 308 valence electrons. The molecule has 2 aromatic rings. The topological polar surface area (TPSA) is 183 Å². The average Bonchev–Trinajstić information content (AvgIpc) is 3.65. The molecule has 4 N–H and O–H groups in total.